The van der Waals surface area contributed by atoms with Gasteiger partial charge < -0.3 is 5.73 Å². The highest BCUT2D eigenvalue weighted by molar-refractivity contribution is 6.30. The molecule has 0 saturated heterocycles. The van der Waals surface area contributed by atoms with Crippen molar-refractivity contribution in [3.8, 4) is 0 Å². The van der Waals surface area contributed by atoms with Crippen molar-refractivity contribution in [1.29, 1.82) is 0 Å². The van der Waals surface area contributed by atoms with Crippen LogP contribution in [0.25, 0.3) is 0 Å². The molecular formula is C11H15ClN. The van der Waals surface area contributed by atoms with Gasteiger partial charge in [-0.05, 0) is 30.5 Å². The van der Waals surface area contributed by atoms with Crippen molar-refractivity contribution in [2.75, 3.05) is 0 Å². The Labute approximate surface area is 84.9 Å². The molecule has 0 aliphatic carbocycles. The molecule has 13 heavy (non-hydrogen) atoms. The first-order chi connectivity index (χ1) is 6.12. The molecule has 1 atom stereocenters. The molecule has 0 saturated carbocycles. The molecule has 1 unspecified atom stereocenters. The molecule has 1 radical (unpaired) electrons. The Morgan fingerprint density at radius 1 is 1.38 bits per heavy atom. The summed E-state index contributed by atoms with van der Waals surface area (Å²) in [4.78, 5) is 0. The van der Waals surface area contributed by atoms with E-state index in [1.54, 1.807) is 0 Å². The van der Waals surface area contributed by atoms with E-state index in [0.717, 1.165) is 17.0 Å². The second-order valence-corrected chi connectivity index (χ2v) is 3.70. The van der Waals surface area contributed by atoms with Crippen molar-refractivity contribution in [2.24, 2.45) is 5.73 Å². The third-order valence-electron chi connectivity index (χ3n) is 2.50. The van der Waals surface area contributed by atoms with Gasteiger partial charge in [0.2, 0.25) is 0 Å². The first-order valence-electron chi connectivity index (χ1n) is 4.46. The molecule has 2 heteroatoms. The number of rotatable bonds is 3. The van der Waals surface area contributed by atoms with Crippen LogP contribution in [0.4, 0.5) is 0 Å². The van der Waals surface area contributed by atoms with Crippen molar-refractivity contribution in [3.05, 3.63) is 41.8 Å². The molecule has 0 aromatic heterocycles. The number of hydrogen-bond donors (Lipinski definition) is 1. The van der Waals surface area contributed by atoms with E-state index >= 15 is 0 Å². The Morgan fingerprint density at radius 2 is 1.92 bits per heavy atom. The third-order valence-corrected chi connectivity index (χ3v) is 2.75. The number of nitrogens with two attached hydrogens (primary N) is 1. The average molecular weight is 197 g/mol. The molecule has 0 spiro atoms. The Bertz CT molecular complexity index is 262. The molecule has 0 bridgehead atoms. The first-order valence-corrected chi connectivity index (χ1v) is 4.84. The highest BCUT2D eigenvalue weighted by Crippen LogP contribution is 2.26. The van der Waals surface area contributed by atoms with Crippen molar-refractivity contribution >= 4 is 11.6 Å². The fourth-order valence-corrected chi connectivity index (χ4v) is 1.43. The molecule has 1 nitrogen and oxygen atoms in total. The topological polar surface area (TPSA) is 26.0 Å². The molecule has 0 aliphatic rings. The van der Waals surface area contributed by atoms with Crippen LogP contribution in [0.3, 0.4) is 0 Å². The van der Waals surface area contributed by atoms with Crippen LogP contribution in [0.1, 0.15) is 25.3 Å². The molecule has 71 valence electrons. The van der Waals surface area contributed by atoms with E-state index in [2.05, 4.69) is 13.8 Å². The Hall–Kier alpha value is -0.530. The van der Waals surface area contributed by atoms with E-state index in [0.29, 0.717) is 6.42 Å². The van der Waals surface area contributed by atoms with Gasteiger partial charge in [-0.15, -0.1) is 0 Å². The molecule has 1 rings (SSSR count). The summed E-state index contributed by atoms with van der Waals surface area (Å²) >= 11 is 5.79. The van der Waals surface area contributed by atoms with E-state index in [-0.39, 0.29) is 5.54 Å². The van der Waals surface area contributed by atoms with Gasteiger partial charge in [-0.3, -0.25) is 0 Å². The van der Waals surface area contributed by atoms with Crippen LogP contribution in [-0.4, -0.2) is 0 Å². The lowest BCUT2D eigenvalue weighted by molar-refractivity contribution is 0.432. The van der Waals surface area contributed by atoms with Gasteiger partial charge in [0.1, 0.15) is 0 Å². The number of hydrogen-bond acceptors (Lipinski definition) is 1. The van der Waals surface area contributed by atoms with E-state index in [4.69, 9.17) is 17.3 Å². The SMILES string of the molecule is [CH2]CC(N)(CC)c1ccc(Cl)cc1. The van der Waals surface area contributed by atoms with Crippen LogP contribution in [-0.2, 0) is 5.54 Å². The summed E-state index contributed by atoms with van der Waals surface area (Å²) in [6, 6.07) is 7.67. The largest absolute Gasteiger partial charge is 0.321 e. The van der Waals surface area contributed by atoms with Crippen LogP contribution < -0.4 is 5.73 Å². The minimum atomic E-state index is -0.301. The van der Waals surface area contributed by atoms with Gasteiger partial charge in [-0.2, -0.15) is 0 Å². The molecular weight excluding hydrogens is 182 g/mol. The van der Waals surface area contributed by atoms with E-state index in [1.165, 1.54) is 0 Å². The van der Waals surface area contributed by atoms with Gasteiger partial charge in [0.25, 0.3) is 0 Å². The van der Waals surface area contributed by atoms with Crippen molar-refractivity contribution in [2.45, 2.75) is 25.3 Å². The fraction of sp³-hybridized carbons (Fsp3) is 0.364. The van der Waals surface area contributed by atoms with Gasteiger partial charge >= 0.3 is 0 Å². The zero-order valence-electron chi connectivity index (χ0n) is 7.89. The number of halogens is 1. The predicted molar refractivity (Wildman–Crippen MR) is 57.6 cm³/mol. The minimum Gasteiger partial charge on any atom is -0.321 e. The van der Waals surface area contributed by atoms with Crippen molar-refractivity contribution < 1.29 is 0 Å². The van der Waals surface area contributed by atoms with E-state index in [1.807, 2.05) is 24.3 Å². The summed E-state index contributed by atoms with van der Waals surface area (Å²) < 4.78 is 0. The second-order valence-electron chi connectivity index (χ2n) is 3.27. The zero-order valence-corrected chi connectivity index (χ0v) is 8.64. The lowest BCUT2D eigenvalue weighted by Crippen LogP contribution is -2.35. The maximum absolute atomic E-state index is 6.16. The van der Waals surface area contributed by atoms with E-state index in [9.17, 15) is 0 Å². The van der Waals surface area contributed by atoms with Gasteiger partial charge in [-0.25, -0.2) is 0 Å². The van der Waals surface area contributed by atoms with Crippen LogP contribution in [0.5, 0.6) is 0 Å². The normalized spacial score (nSPS) is 11.7. The molecule has 0 fully saturated rings. The maximum Gasteiger partial charge on any atom is 0.0407 e. The molecule has 2 N–H and O–H groups in total. The molecule has 1 aromatic carbocycles. The van der Waals surface area contributed by atoms with Crippen LogP contribution in [0, 0.1) is 6.92 Å². The van der Waals surface area contributed by atoms with Gasteiger partial charge in [0, 0.05) is 10.6 Å². The summed E-state index contributed by atoms with van der Waals surface area (Å²) in [5.74, 6) is 0. The van der Waals surface area contributed by atoms with E-state index < -0.39 is 0 Å². The zero-order chi connectivity index (χ0) is 9.90. The smallest absolute Gasteiger partial charge is 0.0407 e. The minimum absolute atomic E-state index is 0.301. The van der Waals surface area contributed by atoms with Crippen molar-refractivity contribution in [3.63, 3.8) is 0 Å². The second kappa shape index (κ2) is 4.12. The first kappa shape index (κ1) is 10.6. The summed E-state index contributed by atoms with van der Waals surface area (Å²) in [7, 11) is 0. The van der Waals surface area contributed by atoms with Gasteiger partial charge in [0.05, 0.1) is 0 Å². The quantitative estimate of drug-likeness (QED) is 0.790. The monoisotopic (exact) mass is 196 g/mol. The Balaban J connectivity index is 2.99. The standard InChI is InChI=1S/C11H15ClN/c1-3-11(13,4-2)9-5-7-10(12)8-6-9/h5-8H,1,3-4,13H2,2H3. The number of benzene rings is 1. The molecule has 0 aliphatic heterocycles. The van der Waals surface area contributed by atoms with Gasteiger partial charge in [0.15, 0.2) is 0 Å². The van der Waals surface area contributed by atoms with Crippen LogP contribution >= 0.6 is 11.6 Å². The van der Waals surface area contributed by atoms with Crippen LogP contribution in [0.2, 0.25) is 5.02 Å². The summed E-state index contributed by atoms with van der Waals surface area (Å²) in [6.07, 6.45) is 1.59. The summed E-state index contributed by atoms with van der Waals surface area (Å²) in [5.41, 5.74) is 6.97. The van der Waals surface area contributed by atoms with Crippen LogP contribution in [0.15, 0.2) is 24.3 Å². The highest BCUT2D eigenvalue weighted by Gasteiger charge is 2.22. The molecule has 1 aromatic rings. The Kier molecular flexibility index (Phi) is 3.34. The maximum atomic E-state index is 6.16. The fourth-order valence-electron chi connectivity index (χ4n) is 1.31. The highest BCUT2D eigenvalue weighted by atomic mass is 35.5. The summed E-state index contributed by atoms with van der Waals surface area (Å²) in [6.45, 7) is 5.94. The Morgan fingerprint density at radius 3 is 2.31 bits per heavy atom. The van der Waals surface area contributed by atoms with Gasteiger partial charge in [-0.1, -0.05) is 37.6 Å². The molecule has 0 amide bonds. The van der Waals surface area contributed by atoms with Crippen molar-refractivity contribution in [1.82, 2.24) is 0 Å². The third kappa shape index (κ3) is 2.23. The lowest BCUT2D eigenvalue weighted by atomic mass is 9.86. The average Bonchev–Trinajstić information content (AvgIpc) is 2.18. The predicted octanol–water partition coefficient (Wildman–Crippen LogP) is 3.13. The summed E-state index contributed by atoms with van der Waals surface area (Å²) in [5, 5.41) is 0.742. The molecule has 0 heterocycles. The lowest BCUT2D eigenvalue weighted by Gasteiger charge is -2.27.